The second kappa shape index (κ2) is 4.64. The SMILES string of the molecule is NC(c1ccc(Cl)s1)C1CCCCS1(=O)=O. The van der Waals surface area contributed by atoms with Gasteiger partial charge >= 0.3 is 0 Å². The predicted octanol–water partition coefficient (Wildman–Crippen LogP) is 2.37. The van der Waals surface area contributed by atoms with Crippen LogP contribution >= 0.6 is 22.9 Å². The van der Waals surface area contributed by atoms with E-state index in [4.69, 9.17) is 17.3 Å². The smallest absolute Gasteiger partial charge is 0.155 e. The van der Waals surface area contributed by atoms with Crippen LogP contribution in [0.4, 0.5) is 0 Å². The Hall–Kier alpha value is -0.100. The third-order valence-corrected chi connectivity index (χ3v) is 6.59. The normalized spacial score (nSPS) is 26.5. The fraction of sp³-hybridized carbons (Fsp3) is 0.600. The Balaban J connectivity index is 2.24. The molecular weight excluding hydrogens is 266 g/mol. The fourth-order valence-corrected chi connectivity index (χ4v) is 5.32. The summed E-state index contributed by atoms with van der Waals surface area (Å²) in [5.41, 5.74) is 6.03. The number of sulfone groups is 1. The minimum absolute atomic E-state index is 0.268. The van der Waals surface area contributed by atoms with Crippen molar-refractivity contribution in [2.24, 2.45) is 5.73 Å². The van der Waals surface area contributed by atoms with Crippen LogP contribution in [0.1, 0.15) is 30.2 Å². The number of thiophene rings is 1. The van der Waals surface area contributed by atoms with Gasteiger partial charge < -0.3 is 5.73 Å². The lowest BCUT2D eigenvalue weighted by Crippen LogP contribution is -2.37. The van der Waals surface area contributed by atoms with Crippen molar-refractivity contribution in [2.75, 3.05) is 5.75 Å². The van der Waals surface area contributed by atoms with Gasteiger partial charge in [0.25, 0.3) is 0 Å². The van der Waals surface area contributed by atoms with Gasteiger partial charge in [0.1, 0.15) is 0 Å². The van der Waals surface area contributed by atoms with Crippen LogP contribution in [0.3, 0.4) is 0 Å². The van der Waals surface area contributed by atoms with E-state index >= 15 is 0 Å². The summed E-state index contributed by atoms with van der Waals surface area (Å²) in [7, 11) is -3.02. The van der Waals surface area contributed by atoms with Crippen LogP contribution in [0.25, 0.3) is 0 Å². The van der Waals surface area contributed by atoms with Crippen LogP contribution < -0.4 is 5.73 Å². The molecule has 3 nitrogen and oxygen atoms in total. The summed E-state index contributed by atoms with van der Waals surface area (Å²) < 4.78 is 24.4. The Bertz CT molecular complexity index is 469. The second-order valence-corrected chi connectivity index (χ2v) is 8.16. The lowest BCUT2D eigenvalue weighted by Gasteiger charge is -2.26. The van der Waals surface area contributed by atoms with Crippen molar-refractivity contribution < 1.29 is 8.42 Å². The van der Waals surface area contributed by atoms with E-state index in [-0.39, 0.29) is 5.75 Å². The van der Waals surface area contributed by atoms with Gasteiger partial charge in [0.2, 0.25) is 0 Å². The van der Waals surface area contributed by atoms with Gasteiger partial charge in [0, 0.05) is 4.88 Å². The number of hydrogen-bond acceptors (Lipinski definition) is 4. The van der Waals surface area contributed by atoms with Gasteiger partial charge in [-0.05, 0) is 25.0 Å². The Morgan fingerprint density at radius 1 is 1.44 bits per heavy atom. The van der Waals surface area contributed by atoms with E-state index in [1.165, 1.54) is 11.3 Å². The molecule has 0 aliphatic carbocycles. The van der Waals surface area contributed by atoms with Gasteiger partial charge in [-0.25, -0.2) is 8.42 Å². The largest absolute Gasteiger partial charge is 0.322 e. The van der Waals surface area contributed by atoms with Gasteiger partial charge in [-0.3, -0.25) is 0 Å². The molecule has 1 saturated heterocycles. The van der Waals surface area contributed by atoms with E-state index in [1.807, 2.05) is 6.07 Å². The van der Waals surface area contributed by atoms with Crippen molar-refractivity contribution in [3.8, 4) is 0 Å². The molecule has 1 aromatic rings. The van der Waals surface area contributed by atoms with Gasteiger partial charge in [-0.15, -0.1) is 11.3 Å². The highest BCUT2D eigenvalue weighted by Gasteiger charge is 2.34. The highest BCUT2D eigenvalue weighted by molar-refractivity contribution is 7.92. The predicted molar refractivity (Wildman–Crippen MR) is 67.7 cm³/mol. The van der Waals surface area contributed by atoms with Crippen LogP contribution in [-0.4, -0.2) is 19.4 Å². The second-order valence-electron chi connectivity index (χ2n) is 4.07. The monoisotopic (exact) mass is 279 g/mol. The Kier molecular flexibility index (Phi) is 3.59. The molecule has 0 spiro atoms. The van der Waals surface area contributed by atoms with Crippen molar-refractivity contribution in [3.63, 3.8) is 0 Å². The van der Waals surface area contributed by atoms with Crippen LogP contribution in [0, 0.1) is 0 Å². The van der Waals surface area contributed by atoms with Crippen LogP contribution in [0.5, 0.6) is 0 Å². The molecule has 0 bridgehead atoms. The first-order valence-corrected chi connectivity index (χ1v) is 8.14. The first-order chi connectivity index (χ1) is 7.50. The highest BCUT2D eigenvalue weighted by Crippen LogP contribution is 2.33. The number of nitrogens with two attached hydrogens (primary N) is 1. The molecule has 0 saturated carbocycles. The summed E-state index contributed by atoms with van der Waals surface area (Å²) in [6, 6.07) is 3.15. The van der Waals surface area contributed by atoms with Crippen molar-refractivity contribution in [1.82, 2.24) is 0 Å². The molecule has 2 atom stereocenters. The molecule has 1 fully saturated rings. The lowest BCUT2D eigenvalue weighted by atomic mass is 10.1. The Labute approximate surface area is 105 Å². The standard InChI is InChI=1S/C10H14ClNO2S2/c11-9-5-4-7(15-9)10(12)8-3-1-2-6-16(8,13)14/h4-5,8,10H,1-3,6,12H2. The van der Waals surface area contributed by atoms with E-state index in [1.54, 1.807) is 6.07 Å². The zero-order valence-corrected chi connectivity index (χ0v) is 11.1. The highest BCUT2D eigenvalue weighted by atomic mass is 35.5. The van der Waals surface area contributed by atoms with E-state index in [0.717, 1.165) is 17.7 Å². The molecular formula is C10H14ClNO2S2. The third kappa shape index (κ3) is 2.42. The summed E-state index contributed by atoms with van der Waals surface area (Å²) in [6.45, 7) is 0. The molecule has 0 aromatic carbocycles. The zero-order chi connectivity index (χ0) is 11.8. The Morgan fingerprint density at radius 2 is 2.19 bits per heavy atom. The maximum atomic E-state index is 11.9. The van der Waals surface area contributed by atoms with Crippen molar-refractivity contribution in [1.29, 1.82) is 0 Å². The van der Waals surface area contributed by atoms with Crippen molar-refractivity contribution in [2.45, 2.75) is 30.6 Å². The molecule has 1 aromatic heterocycles. The zero-order valence-electron chi connectivity index (χ0n) is 8.73. The molecule has 6 heteroatoms. The van der Waals surface area contributed by atoms with E-state index in [0.29, 0.717) is 10.8 Å². The quantitative estimate of drug-likeness (QED) is 0.904. The van der Waals surface area contributed by atoms with Crippen molar-refractivity contribution >= 4 is 32.8 Å². The number of rotatable bonds is 2. The summed E-state index contributed by atoms with van der Waals surface area (Å²) in [4.78, 5) is 0.862. The average Bonchev–Trinajstić information content (AvgIpc) is 2.63. The fourth-order valence-electron chi connectivity index (χ4n) is 2.07. The van der Waals surface area contributed by atoms with Crippen LogP contribution in [0.15, 0.2) is 12.1 Å². The topological polar surface area (TPSA) is 60.2 Å². The first-order valence-electron chi connectivity index (χ1n) is 5.23. The summed E-state index contributed by atoms with van der Waals surface area (Å²) >= 11 is 7.19. The summed E-state index contributed by atoms with van der Waals surface area (Å²) in [6.07, 6.45) is 2.37. The molecule has 1 aliphatic heterocycles. The molecule has 0 amide bonds. The molecule has 2 N–H and O–H groups in total. The number of hydrogen-bond donors (Lipinski definition) is 1. The van der Waals surface area contributed by atoms with E-state index < -0.39 is 21.1 Å². The molecule has 2 rings (SSSR count). The van der Waals surface area contributed by atoms with Crippen LogP contribution in [-0.2, 0) is 9.84 Å². The maximum absolute atomic E-state index is 11.9. The van der Waals surface area contributed by atoms with Gasteiger partial charge in [0.15, 0.2) is 9.84 Å². The maximum Gasteiger partial charge on any atom is 0.155 e. The van der Waals surface area contributed by atoms with Crippen LogP contribution in [0.2, 0.25) is 4.34 Å². The molecule has 0 radical (unpaired) electrons. The van der Waals surface area contributed by atoms with E-state index in [9.17, 15) is 8.42 Å². The first kappa shape index (κ1) is 12.4. The molecule has 90 valence electrons. The number of halogens is 1. The summed E-state index contributed by atoms with van der Waals surface area (Å²) in [5.74, 6) is 0.268. The molecule has 16 heavy (non-hydrogen) atoms. The summed E-state index contributed by atoms with van der Waals surface area (Å²) in [5, 5.41) is -0.434. The minimum atomic E-state index is -3.02. The van der Waals surface area contributed by atoms with Crippen molar-refractivity contribution in [3.05, 3.63) is 21.3 Å². The minimum Gasteiger partial charge on any atom is -0.322 e. The Morgan fingerprint density at radius 3 is 2.75 bits per heavy atom. The van der Waals surface area contributed by atoms with E-state index in [2.05, 4.69) is 0 Å². The lowest BCUT2D eigenvalue weighted by molar-refractivity contribution is 0.507. The molecule has 2 heterocycles. The third-order valence-electron chi connectivity index (χ3n) is 2.95. The average molecular weight is 280 g/mol. The van der Waals surface area contributed by atoms with Gasteiger partial charge in [-0.1, -0.05) is 18.0 Å². The van der Waals surface area contributed by atoms with Gasteiger partial charge in [-0.2, -0.15) is 0 Å². The molecule has 2 unspecified atom stereocenters. The van der Waals surface area contributed by atoms with Gasteiger partial charge in [0.05, 0.1) is 21.4 Å². The molecule has 1 aliphatic rings.